The van der Waals surface area contributed by atoms with Crippen LogP contribution in [-0.4, -0.2) is 47.0 Å². The molecule has 0 spiro atoms. The van der Waals surface area contributed by atoms with Gasteiger partial charge in [0.1, 0.15) is 0 Å². The maximum absolute atomic E-state index is 12.6. The largest absolute Gasteiger partial charge is 0.360 e. The molecular weight excluding hydrogens is 310 g/mol. The third-order valence-electron chi connectivity index (χ3n) is 4.33. The Bertz CT molecular complexity index is 684. The van der Waals surface area contributed by atoms with Crippen LogP contribution < -0.4 is 0 Å². The van der Waals surface area contributed by atoms with Crippen molar-refractivity contribution in [2.75, 3.05) is 26.2 Å². The summed E-state index contributed by atoms with van der Waals surface area (Å²) in [6, 6.07) is 4.03. The van der Waals surface area contributed by atoms with Gasteiger partial charge in [-0.2, -0.15) is 0 Å². The Hall–Kier alpha value is -1.66. The van der Waals surface area contributed by atoms with Crippen molar-refractivity contribution in [3.8, 4) is 0 Å². The van der Waals surface area contributed by atoms with Crippen LogP contribution in [0.2, 0.25) is 0 Å². The van der Waals surface area contributed by atoms with E-state index in [1.807, 2.05) is 17.9 Å². The van der Waals surface area contributed by atoms with Gasteiger partial charge >= 0.3 is 0 Å². The molecule has 1 aliphatic rings. The lowest BCUT2D eigenvalue weighted by molar-refractivity contribution is 0.0622. The summed E-state index contributed by atoms with van der Waals surface area (Å²) in [7, 11) is 0. The molecule has 5 nitrogen and oxygen atoms in total. The molecule has 0 bridgehead atoms. The summed E-state index contributed by atoms with van der Waals surface area (Å²) < 4.78 is 5.27. The third kappa shape index (κ3) is 3.64. The van der Waals surface area contributed by atoms with Gasteiger partial charge in [-0.05, 0) is 31.9 Å². The van der Waals surface area contributed by atoms with Gasteiger partial charge in [0.25, 0.3) is 5.91 Å². The van der Waals surface area contributed by atoms with Crippen LogP contribution >= 0.6 is 11.3 Å². The summed E-state index contributed by atoms with van der Waals surface area (Å²) in [6.07, 6.45) is 0.986. The van der Waals surface area contributed by atoms with Crippen molar-refractivity contribution in [1.82, 2.24) is 15.0 Å². The number of rotatable bonds is 4. The highest BCUT2D eigenvalue weighted by Crippen LogP contribution is 2.24. The second-order valence-corrected chi connectivity index (χ2v) is 7.30. The van der Waals surface area contributed by atoms with E-state index >= 15 is 0 Å². The Labute approximate surface area is 140 Å². The van der Waals surface area contributed by atoms with Gasteiger partial charge in [-0.3, -0.25) is 9.69 Å². The predicted molar refractivity (Wildman–Crippen MR) is 90.9 cm³/mol. The van der Waals surface area contributed by atoms with Crippen LogP contribution in [0.3, 0.4) is 0 Å². The van der Waals surface area contributed by atoms with Crippen molar-refractivity contribution in [1.29, 1.82) is 0 Å². The van der Waals surface area contributed by atoms with Gasteiger partial charge in [-0.15, -0.1) is 11.3 Å². The minimum absolute atomic E-state index is 0.174. The predicted octanol–water partition coefficient (Wildman–Crippen LogP) is 2.87. The van der Waals surface area contributed by atoms with Gasteiger partial charge in [-0.1, -0.05) is 12.1 Å². The molecule has 1 amide bonds. The zero-order valence-electron chi connectivity index (χ0n) is 14.0. The Morgan fingerprint density at radius 1 is 1.26 bits per heavy atom. The molecule has 0 radical (unpaired) electrons. The molecule has 6 heteroatoms. The fourth-order valence-corrected chi connectivity index (χ4v) is 4.03. The van der Waals surface area contributed by atoms with E-state index in [9.17, 15) is 4.79 Å². The molecule has 1 aliphatic heterocycles. The van der Waals surface area contributed by atoms with Gasteiger partial charge in [0.2, 0.25) is 0 Å². The van der Waals surface area contributed by atoms with Crippen LogP contribution in [0.25, 0.3) is 0 Å². The monoisotopic (exact) mass is 333 g/mol. The normalized spacial score (nSPS) is 16.0. The highest BCUT2D eigenvalue weighted by atomic mass is 32.1. The summed E-state index contributed by atoms with van der Waals surface area (Å²) in [5, 5.41) is 3.92. The van der Waals surface area contributed by atoms with Crippen molar-refractivity contribution >= 4 is 17.2 Å². The molecule has 2 aromatic heterocycles. The topological polar surface area (TPSA) is 49.6 Å². The average Bonchev–Trinajstić information content (AvgIpc) is 3.13. The third-order valence-corrected chi connectivity index (χ3v) is 5.41. The number of aryl methyl sites for hydroxylation is 3. The van der Waals surface area contributed by atoms with E-state index in [0.717, 1.165) is 55.5 Å². The lowest BCUT2D eigenvalue weighted by atomic mass is 10.2. The van der Waals surface area contributed by atoms with E-state index in [1.54, 1.807) is 11.3 Å². The SMILES string of the molecule is CCc1cc(C(=O)N2CCN(Cc3cc(C)no3)CC2)sc1C. The fourth-order valence-electron chi connectivity index (χ4n) is 2.95. The van der Waals surface area contributed by atoms with E-state index < -0.39 is 0 Å². The van der Waals surface area contributed by atoms with E-state index in [4.69, 9.17) is 4.52 Å². The Morgan fingerprint density at radius 2 is 2.00 bits per heavy atom. The fraction of sp³-hybridized carbons (Fsp3) is 0.529. The molecule has 0 atom stereocenters. The number of amides is 1. The molecule has 0 N–H and O–H groups in total. The van der Waals surface area contributed by atoms with Crippen LogP contribution in [-0.2, 0) is 13.0 Å². The first kappa shape index (κ1) is 16.2. The highest BCUT2D eigenvalue weighted by Gasteiger charge is 2.24. The molecule has 3 rings (SSSR count). The van der Waals surface area contributed by atoms with Crippen LogP contribution in [0.15, 0.2) is 16.7 Å². The van der Waals surface area contributed by atoms with Crippen LogP contribution in [0.4, 0.5) is 0 Å². The zero-order valence-corrected chi connectivity index (χ0v) is 14.8. The van der Waals surface area contributed by atoms with E-state index in [2.05, 4.69) is 30.0 Å². The minimum Gasteiger partial charge on any atom is -0.360 e. The number of aromatic nitrogens is 1. The first-order valence-corrected chi connectivity index (χ1v) is 8.91. The number of piperazine rings is 1. The van der Waals surface area contributed by atoms with E-state index in [0.29, 0.717) is 0 Å². The molecule has 0 unspecified atom stereocenters. The highest BCUT2D eigenvalue weighted by molar-refractivity contribution is 7.14. The first-order chi connectivity index (χ1) is 11.1. The molecule has 0 aromatic carbocycles. The molecule has 124 valence electrons. The molecule has 0 saturated carbocycles. The van der Waals surface area contributed by atoms with Gasteiger partial charge in [0, 0.05) is 37.1 Å². The molecular formula is C17H23N3O2S. The molecule has 1 saturated heterocycles. The van der Waals surface area contributed by atoms with Crippen molar-refractivity contribution in [3.05, 3.63) is 38.9 Å². The van der Waals surface area contributed by atoms with Gasteiger partial charge in [-0.25, -0.2) is 0 Å². The van der Waals surface area contributed by atoms with Gasteiger partial charge in [0.15, 0.2) is 5.76 Å². The lowest BCUT2D eigenvalue weighted by Gasteiger charge is -2.33. The van der Waals surface area contributed by atoms with Crippen LogP contribution in [0, 0.1) is 13.8 Å². The summed E-state index contributed by atoms with van der Waals surface area (Å²) in [6.45, 7) is 10.2. The van der Waals surface area contributed by atoms with E-state index in [-0.39, 0.29) is 5.91 Å². The Balaban J connectivity index is 1.56. The number of carbonyl (C=O) groups excluding carboxylic acids is 1. The smallest absolute Gasteiger partial charge is 0.264 e. The number of carbonyl (C=O) groups is 1. The zero-order chi connectivity index (χ0) is 16.4. The van der Waals surface area contributed by atoms with Gasteiger partial charge in [0.05, 0.1) is 17.1 Å². The lowest BCUT2D eigenvalue weighted by Crippen LogP contribution is -2.48. The summed E-state index contributed by atoms with van der Waals surface area (Å²) >= 11 is 1.62. The number of hydrogen-bond acceptors (Lipinski definition) is 5. The van der Waals surface area contributed by atoms with Crippen molar-refractivity contribution in [2.24, 2.45) is 0 Å². The maximum atomic E-state index is 12.6. The quantitative estimate of drug-likeness (QED) is 0.863. The van der Waals surface area contributed by atoms with E-state index in [1.165, 1.54) is 10.4 Å². The second-order valence-electron chi connectivity index (χ2n) is 6.05. The molecule has 3 heterocycles. The first-order valence-electron chi connectivity index (χ1n) is 8.10. The minimum atomic E-state index is 0.174. The number of thiophene rings is 1. The summed E-state index contributed by atoms with van der Waals surface area (Å²) in [5.74, 6) is 1.07. The average molecular weight is 333 g/mol. The van der Waals surface area contributed by atoms with Crippen molar-refractivity contribution < 1.29 is 9.32 Å². The number of nitrogens with zero attached hydrogens (tertiary/aromatic N) is 3. The maximum Gasteiger partial charge on any atom is 0.264 e. The van der Waals surface area contributed by atoms with Gasteiger partial charge < -0.3 is 9.42 Å². The summed E-state index contributed by atoms with van der Waals surface area (Å²) in [5.41, 5.74) is 2.20. The van der Waals surface area contributed by atoms with Crippen LogP contribution in [0.5, 0.6) is 0 Å². The molecule has 2 aromatic rings. The summed E-state index contributed by atoms with van der Waals surface area (Å²) in [4.78, 5) is 19.0. The van der Waals surface area contributed by atoms with Crippen molar-refractivity contribution in [3.63, 3.8) is 0 Å². The molecule has 1 fully saturated rings. The Kier molecular flexibility index (Phi) is 4.82. The molecule has 0 aliphatic carbocycles. The second kappa shape index (κ2) is 6.84. The standard InChI is InChI=1S/C17H23N3O2S/c1-4-14-10-16(23-13(14)3)17(21)20-7-5-19(6-8-20)11-15-9-12(2)18-22-15/h9-10H,4-8,11H2,1-3H3. The molecule has 23 heavy (non-hydrogen) atoms. The Morgan fingerprint density at radius 3 is 2.57 bits per heavy atom. The number of hydrogen-bond donors (Lipinski definition) is 0. The van der Waals surface area contributed by atoms with Crippen LogP contribution in [0.1, 0.15) is 38.5 Å². The van der Waals surface area contributed by atoms with Crippen molar-refractivity contribution in [2.45, 2.75) is 33.7 Å².